The molecule has 124 valence electrons. The summed E-state index contributed by atoms with van der Waals surface area (Å²) in [6, 6.07) is 0.367. The highest BCUT2D eigenvalue weighted by Crippen LogP contribution is 2.26. The second kappa shape index (κ2) is 8.11. The lowest BCUT2D eigenvalue weighted by Crippen LogP contribution is -2.54. The van der Waals surface area contributed by atoms with Gasteiger partial charge in [0.15, 0.2) is 0 Å². The Labute approximate surface area is 130 Å². The van der Waals surface area contributed by atoms with Gasteiger partial charge in [-0.3, -0.25) is 4.79 Å². The maximum Gasteiger partial charge on any atom is 0.230 e. The lowest BCUT2D eigenvalue weighted by atomic mass is 9.85. The summed E-state index contributed by atoms with van der Waals surface area (Å²) in [5.41, 5.74) is 5.48. The van der Waals surface area contributed by atoms with Crippen molar-refractivity contribution in [2.24, 2.45) is 11.1 Å². The van der Waals surface area contributed by atoms with Gasteiger partial charge in [-0.1, -0.05) is 6.92 Å². The summed E-state index contributed by atoms with van der Waals surface area (Å²) >= 11 is 0. The highest BCUT2D eigenvalue weighted by atomic mass is 16.2. The van der Waals surface area contributed by atoms with Crippen LogP contribution in [0.25, 0.3) is 0 Å². The number of piperidine rings is 1. The maximum absolute atomic E-state index is 13.0. The van der Waals surface area contributed by atoms with E-state index in [1.165, 1.54) is 0 Å². The Morgan fingerprint density at radius 1 is 1.29 bits per heavy atom. The van der Waals surface area contributed by atoms with E-state index in [9.17, 15) is 4.79 Å². The third-order valence-electron chi connectivity index (χ3n) is 4.93. The maximum atomic E-state index is 13.0. The van der Waals surface area contributed by atoms with E-state index in [1.807, 2.05) is 6.92 Å². The van der Waals surface area contributed by atoms with Gasteiger partial charge in [0.2, 0.25) is 5.91 Å². The highest BCUT2D eigenvalue weighted by molar-refractivity contribution is 5.83. The number of nitrogens with zero attached hydrogens (tertiary/aromatic N) is 3. The van der Waals surface area contributed by atoms with Crippen LogP contribution in [0.15, 0.2) is 0 Å². The minimum atomic E-state index is -0.421. The van der Waals surface area contributed by atoms with Crippen LogP contribution in [0.5, 0.6) is 0 Å². The molecule has 0 saturated carbocycles. The van der Waals surface area contributed by atoms with Crippen LogP contribution in [-0.4, -0.2) is 80.5 Å². The van der Waals surface area contributed by atoms with Crippen LogP contribution < -0.4 is 5.73 Å². The van der Waals surface area contributed by atoms with Crippen LogP contribution in [0.4, 0.5) is 0 Å². The van der Waals surface area contributed by atoms with Crippen LogP contribution in [0, 0.1) is 5.41 Å². The van der Waals surface area contributed by atoms with Crippen LogP contribution in [0.3, 0.4) is 0 Å². The lowest BCUT2D eigenvalue weighted by molar-refractivity contribution is -0.144. The van der Waals surface area contributed by atoms with Crippen molar-refractivity contribution < 1.29 is 4.79 Å². The van der Waals surface area contributed by atoms with Crippen LogP contribution >= 0.6 is 0 Å². The summed E-state index contributed by atoms with van der Waals surface area (Å²) < 4.78 is 0. The van der Waals surface area contributed by atoms with Gasteiger partial charge in [-0.15, -0.1) is 0 Å². The number of nitrogens with two attached hydrogens (primary N) is 1. The van der Waals surface area contributed by atoms with Gasteiger partial charge in [0.1, 0.15) is 0 Å². The number of likely N-dealkylation sites (N-methyl/N-ethyl adjacent to an activating group) is 1. The van der Waals surface area contributed by atoms with Gasteiger partial charge in [0.25, 0.3) is 0 Å². The zero-order valence-corrected chi connectivity index (χ0v) is 14.6. The molecule has 1 aliphatic heterocycles. The van der Waals surface area contributed by atoms with E-state index in [4.69, 9.17) is 5.73 Å². The average Bonchev–Trinajstić information content (AvgIpc) is 2.47. The van der Waals surface area contributed by atoms with Crippen molar-refractivity contribution >= 4 is 5.91 Å². The largest absolute Gasteiger partial charge is 0.338 e. The molecule has 1 atom stereocenters. The first-order valence-corrected chi connectivity index (χ1v) is 8.18. The molecule has 5 nitrogen and oxygen atoms in total. The van der Waals surface area contributed by atoms with E-state index < -0.39 is 5.41 Å². The first-order valence-electron chi connectivity index (χ1n) is 8.18. The highest BCUT2D eigenvalue weighted by Gasteiger charge is 2.37. The third kappa shape index (κ3) is 4.94. The van der Waals surface area contributed by atoms with E-state index in [1.54, 1.807) is 0 Å². The van der Waals surface area contributed by atoms with Gasteiger partial charge < -0.3 is 20.4 Å². The fourth-order valence-electron chi connectivity index (χ4n) is 2.79. The number of rotatable bonds is 7. The van der Waals surface area contributed by atoms with Gasteiger partial charge in [-0.05, 0) is 60.4 Å². The molecular formula is C16H34N4O. The van der Waals surface area contributed by atoms with Crippen molar-refractivity contribution in [3.8, 4) is 0 Å². The summed E-state index contributed by atoms with van der Waals surface area (Å²) in [7, 11) is 6.26. The molecule has 1 rings (SSSR count). The van der Waals surface area contributed by atoms with Gasteiger partial charge in [0.05, 0.1) is 5.41 Å². The Morgan fingerprint density at radius 3 is 2.29 bits per heavy atom. The number of carbonyl (C=O) groups is 1. The van der Waals surface area contributed by atoms with Crippen molar-refractivity contribution in [3.05, 3.63) is 0 Å². The molecular weight excluding hydrogens is 264 g/mol. The van der Waals surface area contributed by atoms with Gasteiger partial charge in [-0.25, -0.2) is 0 Å². The van der Waals surface area contributed by atoms with Crippen molar-refractivity contribution in [3.63, 3.8) is 0 Å². The van der Waals surface area contributed by atoms with Gasteiger partial charge in [-0.2, -0.15) is 0 Å². The Balaban J connectivity index is 2.83. The predicted molar refractivity (Wildman–Crippen MR) is 88.2 cm³/mol. The van der Waals surface area contributed by atoms with Crippen molar-refractivity contribution in [1.82, 2.24) is 14.7 Å². The lowest BCUT2D eigenvalue weighted by Gasteiger charge is -2.41. The molecule has 1 unspecified atom stereocenters. The zero-order valence-electron chi connectivity index (χ0n) is 14.6. The Morgan fingerprint density at radius 2 is 1.86 bits per heavy atom. The first kappa shape index (κ1) is 18.4. The van der Waals surface area contributed by atoms with Gasteiger partial charge in [0, 0.05) is 25.7 Å². The predicted octanol–water partition coefficient (Wildman–Crippen LogP) is 0.846. The molecule has 0 aromatic carbocycles. The third-order valence-corrected chi connectivity index (χ3v) is 4.93. The topological polar surface area (TPSA) is 52.8 Å². The average molecular weight is 298 g/mol. The molecule has 1 fully saturated rings. The number of amides is 1. The fraction of sp³-hybridized carbons (Fsp3) is 0.938. The number of hydrogen-bond acceptors (Lipinski definition) is 4. The van der Waals surface area contributed by atoms with Crippen LogP contribution in [0.1, 0.15) is 33.1 Å². The van der Waals surface area contributed by atoms with Crippen LogP contribution in [0.2, 0.25) is 0 Å². The molecule has 5 heteroatoms. The summed E-state index contributed by atoms with van der Waals surface area (Å²) in [6.07, 6.45) is 2.94. The Kier molecular flexibility index (Phi) is 7.10. The molecule has 1 amide bonds. The van der Waals surface area contributed by atoms with Crippen molar-refractivity contribution in [1.29, 1.82) is 0 Å². The van der Waals surface area contributed by atoms with Crippen molar-refractivity contribution in [2.45, 2.75) is 39.2 Å². The Hall–Kier alpha value is -0.650. The molecule has 2 N–H and O–H groups in total. The molecule has 0 spiro atoms. The number of hydrogen-bond donors (Lipinski definition) is 1. The molecule has 0 aromatic rings. The van der Waals surface area contributed by atoms with E-state index in [-0.39, 0.29) is 5.91 Å². The van der Waals surface area contributed by atoms with E-state index >= 15 is 0 Å². The molecule has 0 bridgehead atoms. The minimum absolute atomic E-state index is 0.240. The molecule has 0 radical (unpaired) electrons. The summed E-state index contributed by atoms with van der Waals surface area (Å²) in [5.74, 6) is 0.240. The molecule has 21 heavy (non-hydrogen) atoms. The smallest absolute Gasteiger partial charge is 0.230 e. The Bertz CT molecular complexity index is 320. The zero-order chi connectivity index (χ0) is 16.0. The van der Waals surface area contributed by atoms with Crippen molar-refractivity contribution in [2.75, 3.05) is 53.9 Å². The number of carbonyl (C=O) groups excluding carboxylic acids is 1. The normalized spacial score (nSPS) is 20.5. The molecule has 1 saturated heterocycles. The SMILES string of the molecule is CCC(C)(CN)C(=O)N(CCN(C)C)C1CCN(C)CC1. The van der Waals surface area contributed by atoms with E-state index in [0.29, 0.717) is 12.6 Å². The monoisotopic (exact) mass is 298 g/mol. The number of likely N-dealkylation sites (tertiary alicyclic amines) is 1. The first-order chi connectivity index (χ1) is 9.84. The quantitative estimate of drug-likeness (QED) is 0.757. The molecule has 0 aliphatic carbocycles. The molecule has 1 heterocycles. The fourth-order valence-corrected chi connectivity index (χ4v) is 2.79. The second-order valence-corrected chi connectivity index (χ2v) is 6.95. The van der Waals surface area contributed by atoms with E-state index in [0.717, 1.165) is 45.4 Å². The van der Waals surface area contributed by atoms with Gasteiger partial charge >= 0.3 is 0 Å². The minimum Gasteiger partial charge on any atom is -0.338 e. The van der Waals surface area contributed by atoms with E-state index in [2.05, 4.69) is 42.8 Å². The summed E-state index contributed by atoms with van der Waals surface area (Å²) in [6.45, 7) is 8.34. The molecule has 0 aromatic heterocycles. The second-order valence-electron chi connectivity index (χ2n) is 6.95. The summed E-state index contributed by atoms with van der Waals surface area (Å²) in [5, 5.41) is 0. The van der Waals surface area contributed by atoms with Crippen LogP contribution in [-0.2, 0) is 4.79 Å². The summed E-state index contributed by atoms with van der Waals surface area (Å²) in [4.78, 5) is 19.6. The standard InChI is InChI=1S/C16H34N4O/c1-6-16(2,13-17)15(21)20(12-11-18(3)4)14-7-9-19(5)10-8-14/h14H,6-13,17H2,1-5H3. The molecule has 1 aliphatic rings.